The highest BCUT2D eigenvalue weighted by Crippen LogP contribution is 2.17. The van der Waals surface area contributed by atoms with Gasteiger partial charge in [0.2, 0.25) is 0 Å². The molecule has 0 aliphatic carbocycles. The van der Waals surface area contributed by atoms with Crippen LogP contribution in [0.5, 0.6) is 0 Å². The first-order valence-corrected chi connectivity index (χ1v) is 10.4. The van der Waals surface area contributed by atoms with Gasteiger partial charge in [0.25, 0.3) is 0 Å². The normalized spacial score (nSPS) is 13.2. The molecule has 1 unspecified atom stereocenters. The van der Waals surface area contributed by atoms with Gasteiger partial charge in [-0.05, 0) is 26.2 Å². The number of Topliss-reactive ketones (excluding diaryl/α,β-unsaturated/α-hetero) is 1. The Morgan fingerprint density at radius 3 is 1.87 bits per heavy atom. The molecule has 0 heterocycles. The Balaban J connectivity index is 3.86. The Hall–Kier alpha value is -0.460. The molecule has 0 saturated carbocycles. The molecule has 1 N–H and O–H groups in total. The molecule has 0 spiro atoms. The van der Waals surface area contributed by atoms with Crippen LogP contribution >= 0.6 is 0 Å². The fourth-order valence-electron chi connectivity index (χ4n) is 2.66. The largest absolute Gasteiger partial charge is 0.397 e. The molecule has 0 aliphatic heterocycles. The number of hydrogen-bond acceptors (Lipinski definition) is 4. The molecular formula is C17H34O5S. The van der Waals surface area contributed by atoms with E-state index in [1.807, 2.05) is 0 Å². The summed E-state index contributed by atoms with van der Waals surface area (Å²) in [4.78, 5) is 10.8. The van der Waals surface area contributed by atoms with Crippen molar-refractivity contribution in [3.8, 4) is 0 Å². The molecule has 6 heteroatoms. The minimum atomic E-state index is -4.37. The van der Waals surface area contributed by atoms with Crippen LogP contribution in [0.25, 0.3) is 0 Å². The highest BCUT2D eigenvalue weighted by atomic mass is 32.3. The first kappa shape index (κ1) is 22.5. The van der Waals surface area contributed by atoms with Gasteiger partial charge >= 0.3 is 10.4 Å². The molecule has 0 aromatic rings. The number of hydrogen-bond donors (Lipinski definition) is 1. The van der Waals surface area contributed by atoms with E-state index in [-0.39, 0.29) is 5.78 Å². The molecule has 0 aromatic carbocycles. The summed E-state index contributed by atoms with van der Waals surface area (Å²) in [7, 11) is -4.37. The first-order valence-electron chi connectivity index (χ1n) is 9.00. The highest BCUT2D eigenvalue weighted by molar-refractivity contribution is 7.80. The molecule has 0 rings (SSSR count). The van der Waals surface area contributed by atoms with Crippen molar-refractivity contribution >= 4 is 16.2 Å². The molecule has 0 aliphatic rings. The lowest BCUT2D eigenvalue weighted by molar-refractivity contribution is -0.117. The number of unbranched alkanes of at least 4 members (excludes halogenated alkanes) is 8. The molecule has 23 heavy (non-hydrogen) atoms. The molecule has 0 bridgehead atoms. The quantitative estimate of drug-likeness (QED) is 0.318. The standard InChI is InChI=1S/C17H34O5S/c1-3-4-5-7-11-14-17(22-23(19,20)21)15-12-9-6-8-10-13-16(2)18/h17H,3-15H2,1-2H3,(H,19,20,21). The summed E-state index contributed by atoms with van der Waals surface area (Å²) in [5.74, 6) is 0.231. The molecule has 1 atom stereocenters. The van der Waals surface area contributed by atoms with E-state index in [1.54, 1.807) is 6.92 Å². The summed E-state index contributed by atoms with van der Waals surface area (Å²) in [5.41, 5.74) is 0. The van der Waals surface area contributed by atoms with Crippen molar-refractivity contribution in [2.75, 3.05) is 0 Å². The third-order valence-electron chi connectivity index (χ3n) is 3.94. The van der Waals surface area contributed by atoms with Gasteiger partial charge in [-0.3, -0.25) is 4.55 Å². The van der Waals surface area contributed by atoms with Crippen LogP contribution in [0.15, 0.2) is 0 Å². The lowest BCUT2D eigenvalue weighted by Crippen LogP contribution is -2.18. The third-order valence-corrected chi connectivity index (χ3v) is 4.46. The summed E-state index contributed by atoms with van der Waals surface area (Å²) >= 11 is 0. The summed E-state index contributed by atoms with van der Waals surface area (Å²) in [6.07, 6.45) is 12.0. The Morgan fingerprint density at radius 2 is 1.39 bits per heavy atom. The average Bonchev–Trinajstić information content (AvgIpc) is 2.43. The minimum Gasteiger partial charge on any atom is -0.300 e. The highest BCUT2D eigenvalue weighted by Gasteiger charge is 2.16. The van der Waals surface area contributed by atoms with Crippen molar-refractivity contribution in [3.05, 3.63) is 0 Å². The van der Waals surface area contributed by atoms with Crippen molar-refractivity contribution in [3.63, 3.8) is 0 Å². The second kappa shape index (κ2) is 13.9. The maximum Gasteiger partial charge on any atom is 0.397 e. The van der Waals surface area contributed by atoms with Gasteiger partial charge in [-0.15, -0.1) is 0 Å². The molecular weight excluding hydrogens is 316 g/mol. The zero-order valence-corrected chi connectivity index (χ0v) is 15.6. The van der Waals surface area contributed by atoms with E-state index >= 15 is 0 Å². The molecule has 0 radical (unpaired) electrons. The van der Waals surface area contributed by atoms with Gasteiger partial charge in [-0.1, -0.05) is 64.7 Å². The van der Waals surface area contributed by atoms with Crippen molar-refractivity contribution in [1.82, 2.24) is 0 Å². The molecule has 0 fully saturated rings. The van der Waals surface area contributed by atoms with Gasteiger partial charge in [0.15, 0.2) is 0 Å². The van der Waals surface area contributed by atoms with Crippen molar-refractivity contribution in [1.29, 1.82) is 0 Å². The Morgan fingerprint density at radius 1 is 0.913 bits per heavy atom. The molecule has 5 nitrogen and oxygen atoms in total. The molecule has 0 aromatic heterocycles. The van der Waals surface area contributed by atoms with Gasteiger partial charge in [-0.25, -0.2) is 4.18 Å². The van der Waals surface area contributed by atoms with Gasteiger partial charge in [0.1, 0.15) is 5.78 Å². The molecule has 138 valence electrons. The molecule has 0 saturated heterocycles. The zero-order valence-electron chi connectivity index (χ0n) is 14.8. The van der Waals surface area contributed by atoms with Crippen LogP contribution in [-0.2, 0) is 19.4 Å². The number of carbonyl (C=O) groups excluding carboxylic acids is 1. The van der Waals surface area contributed by atoms with Crippen LogP contribution in [0, 0.1) is 0 Å². The van der Waals surface area contributed by atoms with Crippen LogP contribution < -0.4 is 0 Å². The van der Waals surface area contributed by atoms with E-state index in [9.17, 15) is 13.2 Å². The van der Waals surface area contributed by atoms with Crippen LogP contribution in [0.3, 0.4) is 0 Å². The number of carbonyl (C=O) groups is 1. The Kier molecular flexibility index (Phi) is 13.7. The number of rotatable bonds is 16. The first-order chi connectivity index (χ1) is 10.8. The summed E-state index contributed by atoms with van der Waals surface area (Å²) in [6.45, 7) is 3.76. The maximum absolute atomic E-state index is 10.9. The van der Waals surface area contributed by atoms with E-state index in [1.165, 1.54) is 12.8 Å². The van der Waals surface area contributed by atoms with Crippen LogP contribution in [0.2, 0.25) is 0 Å². The van der Waals surface area contributed by atoms with Crippen LogP contribution in [-0.4, -0.2) is 24.9 Å². The van der Waals surface area contributed by atoms with Gasteiger partial charge in [0, 0.05) is 6.42 Å². The predicted molar refractivity (Wildman–Crippen MR) is 92.8 cm³/mol. The second-order valence-corrected chi connectivity index (χ2v) is 7.41. The lowest BCUT2D eigenvalue weighted by atomic mass is 10.0. The zero-order chi connectivity index (χ0) is 17.6. The molecule has 0 amide bonds. The maximum atomic E-state index is 10.9. The smallest absolute Gasteiger partial charge is 0.300 e. The fraction of sp³-hybridized carbons (Fsp3) is 0.941. The Labute approximate surface area is 142 Å². The van der Waals surface area contributed by atoms with Gasteiger partial charge in [-0.2, -0.15) is 8.42 Å². The van der Waals surface area contributed by atoms with Crippen molar-refractivity contribution in [2.24, 2.45) is 0 Å². The summed E-state index contributed by atoms with van der Waals surface area (Å²) in [6, 6.07) is 0. The van der Waals surface area contributed by atoms with Gasteiger partial charge < -0.3 is 4.79 Å². The monoisotopic (exact) mass is 350 g/mol. The van der Waals surface area contributed by atoms with E-state index in [2.05, 4.69) is 6.92 Å². The van der Waals surface area contributed by atoms with E-state index in [4.69, 9.17) is 8.74 Å². The summed E-state index contributed by atoms with van der Waals surface area (Å²) < 4.78 is 35.5. The Bertz CT molecular complexity index is 392. The fourth-order valence-corrected chi connectivity index (χ4v) is 3.20. The second-order valence-electron chi connectivity index (χ2n) is 6.36. The third kappa shape index (κ3) is 17.7. The predicted octanol–water partition coefficient (Wildman–Crippen LogP) is 4.85. The van der Waals surface area contributed by atoms with E-state index < -0.39 is 16.5 Å². The van der Waals surface area contributed by atoms with Crippen LogP contribution in [0.1, 0.15) is 97.3 Å². The van der Waals surface area contributed by atoms with Gasteiger partial charge in [0.05, 0.1) is 6.10 Å². The lowest BCUT2D eigenvalue weighted by Gasteiger charge is -2.15. The van der Waals surface area contributed by atoms with E-state index in [0.717, 1.165) is 51.4 Å². The van der Waals surface area contributed by atoms with Crippen LogP contribution in [0.4, 0.5) is 0 Å². The SMILES string of the molecule is CCCCCCCC(CCCCCCCC(C)=O)OS(=O)(=O)O. The number of ketones is 1. The van der Waals surface area contributed by atoms with Crippen molar-refractivity contribution < 1.29 is 21.9 Å². The van der Waals surface area contributed by atoms with E-state index in [0.29, 0.717) is 19.3 Å². The van der Waals surface area contributed by atoms with Crippen molar-refractivity contribution in [2.45, 2.75) is 103 Å². The average molecular weight is 351 g/mol. The summed E-state index contributed by atoms with van der Waals surface area (Å²) in [5, 5.41) is 0. The topological polar surface area (TPSA) is 80.7 Å². The minimum absolute atomic E-state index is 0.231.